The summed E-state index contributed by atoms with van der Waals surface area (Å²) in [5, 5.41) is 3.40. The van der Waals surface area contributed by atoms with Crippen LogP contribution < -0.4 is 21.1 Å². The van der Waals surface area contributed by atoms with Crippen LogP contribution in [0.5, 0.6) is 0 Å². The van der Waals surface area contributed by atoms with Crippen LogP contribution in [0.25, 0.3) is 0 Å². The second-order valence-electron chi connectivity index (χ2n) is 5.61. The summed E-state index contributed by atoms with van der Waals surface area (Å²) < 4.78 is 0. The Morgan fingerprint density at radius 2 is 1.81 bits per heavy atom. The fraction of sp³-hybridized carbons (Fsp3) is 0.467. The van der Waals surface area contributed by atoms with Crippen LogP contribution in [0.15, 0.2) is 24.3 Å². The molecule has 1 amide bonds. The van der Waals surface area contributed by atoms with Gasteiger partial charge in [-0.05, 0) is 35.8 Å². The third-order valence-electron chi connectivity index (χ3n) is 3.00. The van der Waals surface area contributed by atoms with Gasteiger partial charge in [-0.15, -0.1) is 0 Å². The first kappa shape index (κ1) is 17.4. The molecule has 0 aliphatic heterocycles. The van der Waals surface area contributed by atoms with Crippen molar-refractivity contribution in [3.63, 3.8) is 0 Å². The van der Waals surface area contributed by atoms with Gasteiger partial charge in [0.15, 0.2) is 5.11 Å². The molecule has 1 rings (SSSR count). The van der Waals surface area contributed by atoms with Crippen molar-refractivity contribution in [1.29, 1.82) is 0 Å². The Bertz CT molecular complexity index is 471. The van der Waals surface area contributed by atoms with Gasteiger partial charge in [0.05, 0.1) is 27.1 Å². The summed E-state index contributed by atoms with van der Waals surface area (Å²) in [6, 6.07) is 8.07. The summed E-state index contributed by atoms with van der Waals surface area (Å²) in [4.78, 5) is 12.8. The minimum Gasteiger partial charge on any atom is -0.339 e. The SMILES string of the molecule is CC(C)c1ccc(NC(=S)NNC(=O)CC[NH+](C)C)cc1. The number of quaternary nitrogens is 1. The zero-order valence-corrected chi connectivity index (χ0v) is 13.9. The van der Waals surface area contributed by atoms with E-state index in [4.69, 9.17) is 12.2 Å². The lowest BCUT2D eigenvalue weighted by atomic mass is 10.0. The Kier molecular flexibility index (Phi) is 7.11. The standard InChI is InChI=1S/C15H24N4OS/c1-11(2)12-5-7-13(8-6-12)16-15(21)18-17-14(20)9-10-19(3)4/h5-8,11H,9-10H2,1-4H3,(H,17,20)(H2,16,18,21)/p+1. The van der Waals surface area contributed by atoms with Crippen molar-refractivity contribution >= 4 is 28.9 Å². The number of benzene rings is 1. The quantitative estimate of drug-likeness (QED) is 0.477. The second-order valence-corrected chi connectivity index (χ2v) is 6.02. The second kappa shape index (κ2) is 8.59. The number of nitrogens with one attached hydrogen (secondary N) is 4. The van der Waals surface area contributed by atoms with E-state index in [2.05, 4.69) is 42.1 Å². The lowest BCUT2D eigenvalue weighted by Gasteiger charge is -2.13. The molecule has 0 bridgehead atoms. The number of hydrazine groups is 1. The first-order valence-corrected chi connectivity index (χ1v) is 7.54. The molecule has 0 spiro atoms. The van der Waals surface area contributed by atoms with Gasteiger partial charge in [-0.3, -0.25) is 15.6 Å². The van der Waals surface area contributed by atoms with Crippen molar-refractivity contribution in [2.45, 2.75) is 26.2 Å². The monoisotopic (exact) mass is 309 g/mol. The smallest absolute Gasteiger partial charge is 0.244 e. The molecule has 0 aromatic heterocycles. The van der Waals surface area contributed by atoms with E-state index in [1.165, 1.54) is 10.5 Å². The molecular weight excluding hydrogens is 284 g/mol. The number of hydrogen-bond donors (Lipinski definition) is 4. The zero-order valence-electron chi connectivity index (χ0n) is 13.1. The molecule has 1 aromatic rings. The predicted molar refractivity (Wildman–Crippen MR) is 90.3 cm³/mol. The number of hydrogen-bond acceptors (Lipinski definition) is 2. The summed E-state index contributed by atoms with van der Waals surface area (Å²) >= 11 is 5.13. The van der Waals surface area contributed by atoms with Gasteiger partial charge in [0, 0.05) is 5.69 Å². The number of amides is 1. The molecule has 0 aliphatic rings. The Morgan fingerprint density at radius 3 is 2.33 bits per heavy atom. The van der Waals surface area contributed by atoms with Crippen LogP contribution in [0.4, 0.5) is 5.69 Å². The molecule has 0 unspecified atom stereocenters. The largest absolute Gasteiger partial charge is 0.339 e. The maximum atomic E-state index is 11.5. The van der Waals surface area contributed by atoms with Crippen molar-refractivity contribution < 1.29 is 9.69 Å². The van der Waals surface area contributed by atoms with E-state index in [-0.39, 0.29) is 5.91 Å². The normalized spacial score (nSPS) is 10.6. The first-order valence-electron chi connectivity index (χ1n) is 7.13. The molecule has 5 nitrogen and oxygen atoms in total. The number of anilines is 1. The van der Waals surface area contributed by atoms with Gasteiger partial charge < -0.3 is 10.2 Å². The molecule has 0 atom stereocenters. The van der Waals surface area contributed by atoms with E-state index in [0.717, 1.165) is 12.2 Å². The maximum Gasteiger partial charge on any atom is 0.244 e. The molecule has 1 aromatic carbocycles. The van der Waals surface area contributed by atoms with Gasteiger partial charge in [-0.25, -0.2) is 0 Å². The van der Waals surface area contributed by atoms with Gasteiger partial charge >= 0.3 is 0 Å². The Morgan fingerprint density at radius 1 is 1.19 bits per heavy atom. The fourth-order valence-electron chi connectivity index (χ4n) is 1.67. The lowest BCUT2D eigenvalue weighted by molar-refractivity contribution is -0.857. The predicted octanol–water partition coefficient (Wildman–Crippen LogP) is 0.662. The molecule has 21 heavy (non-hydrogen) atoms. The minimum atomic E-state index is -0.0736. The third-order valence-corrected chi connectivity index (χ3v) is 3.21. The molecule has 0 saturated heterocycles. The van der Waals surface area contributed by atoms with Crippen molar-refractivity contribution in [3.8, 4) is 0 Å². The van der Waals surface area contributed by atoms with Crippen LogP contribution in [0, 0.1) is 0 Å². The summed E-state index contributed by atoms with van der Waals surface area (Å²) in [5.74, 6) is 0.428. The van der Waals surface area contributed by atoms with Crippen molar-refractivity contribution in [2.75, 3.05) is 26.0 Å². The van der Waals surface area contributed by atoms with Gasteiger partial charge in [-0.1, -0.05) is 26.0 Å². The highest BCUT2D eigenvalue weighted by Gasteiger charge is 2.05. The van der Waals surface area contributed by atoms with Gasteiger partial charge in [0.1, 0.15) is 0 Å². The average molecular weight is 309 g/mol. The fourth-order valence-corrected chi connectivity index (χ4v) is 1.84. The third kappa shape index (κ3) is 7.06. The van der Waals surface area contributed by atoms with Crippen LogP contribution in [-0.2, 0) is 4.79 Å². The number of carbonyl (C=O) groups is 1. The number of rotatable bonds is 5. The molecular formula is C15H25N4OS+. The van der Waals surface area contributed by atoms with Crippen LogP contribution in [0.3, 0.4) is 0 Å². The van der Waals surface area contributed by atoms with Gasteiger partial charge in [0.25, 0.3) is 0 Å². The van der Waals surface area contributed by atoms with Crippen LogP contribution in [0.2, 0.25) is 0 Å². The molecule has 116 valence electrons. The van der Waals surface area contributed by atoms with E-state index < -0.39 is 0 Å². The van der Waals surface area contributed by atoms with Crippen LogP contribution >= 0.6 is 12.2 Å². The number of carbonyl (C=O) groups excluding carboxylic acids is 1. The Hall–Kier alpha value is -1.66. The maximum absolute atomic E-state index is 11.5. The molecule has 0 heterocycles. The topological polar surface area (TPSA) is 57.6 Å². The zero-order chi connectivity index (χ0) is 15.8. The van der Waals surface area contributed by atoms with E-state index >= 15 is 0 Å². The number of thiocarbonyl (C=S) groups is 1. The summed E-state index contributed by atoms with van der Waals surface area (Å²) in [7, 11) is 4.02. The first-order chi connectivity index (χ1) is 9.88. The van der Waals surface area contributed by atoms with E-state index in [1.807, 2.05) is 26.2 Å². The Labute approximate surface area is 132 Å². The van der Waals surface area contributed by atoms with Gasteiger partial charge in [0.2, 0.25) is 5.91 Å². The van der Waals surface area contributed by atoms with E-state index in [0.29, 0.717) is 17.5 Å². The lowest BCUT2D eigenvalue weighted by Crippen LogP contribution is -3.05. The minimum absolute atomic E-state index is 0.0736. The van der Waals surface area contributed by atoms with Gasteiger partial charge in [-0.2, -0.15) is 0 Å². The highest BCUT2D eigenvalue weighted by Crippen LogP contribution is 2.16. The van der Waals surface area contributed by atoms with Crippen molar-refractivity contribution in [2.24, 2.45) is 0 Å². The highest BCUT2D eigenvalue weighted by atomic mass is 32.1. The molecule has 4 N–H and O–H groups in total. The summed E-state index contributed by atoms with van der Waals surface area (Å²) in [6.07, 6.45) is 0.459. The van der Waals surface area contributed by atoms with E-state index in [1.54, 1.807) is 0 Å². The molecule has 6 heteroatoms. The van der Waals surface area contributed by atoms with Crippen LogP contribution in [-0.4, -0.2) is 31.7 Å². The summed E-state index contributed by atoms with van der Waals surface area (Å²) in [6.45, 7) is 5.09. The van der Waals surface area contributed by atoms with Crippen molar-refractivity contribution in [3.05, 3.63) is 29.8 Å². The van der Waals surface area contributed by atoms with E-state index in [9.17, 15) is 4.79 Å². The highest BCUT2D eigenvalue weighted by molar-refractivity contribution is 7.80. The Balaban J connectivity index is 2.35. The molecule has 0 fully saturated rings. The summed E-state index contributed by atoms with van der Waals surface area (Å²) in [5.41, 5.74) is 7.45. The molecule has 0 saturated carbocycles. The van der Waals surface area contributed by atoms with Crippen LogP contribution in [0.1, 0.15) is 31.7 Å². The molecule has 0 radical (unpaired) electrons. The average Bonchev–Trinajstić information content (AvgIpc) is 2.43. The molecule has 0 aliphatic carbocycles. The van der Waals surface area contributed by atoms with Crippen molar-refractivity contribution in [1.82, 2.24) is 10.9 Å².